The Morgan fingerprint density at radius 3 is 3.00 bits per heavy atom. The van der Waals surface area contributed by atoms with Gasteiger partial charge >= 0.3 is 0 Å². The lowest BCUT2D eigenvalue weighted by atomic mass is 9.88. The van der Waals surface area contributed by atoms with E-state index in [0.29, 0.717) is 12.0 Å². The van der Waals surface area contributed by atoms with Gasteiger partial charge < -0.3 is 15.0 Å². The maximum absolute atomic E-state index is 6.10. The number of nitrogens with zero attached hydrogens (tertiary/aromatic N) is 1. The Hall–Kier alpha value is -0.940. The van der Waals surface area contributed by atoms with Crippen LogP contribution in [0.15, 0.2) is 29.6 Å². The van der Waals surface area contributed by atoms with E-state index in [2.05, 4.69) is 54.0 Å². The van der Waals surface area contributed by atoms with Gasteiger partial charge in [-0.25, -0.2) is 0 Å². The summed E-state index contributed by atoms with van der Waals surface area (Å²) in [6.07, 6.45) is 2.70. The van der Waals surface area contributed by atoms with Crippen molar-refractivity contribution >= 4 is 21.4 Å². The van der Waals surface area contributed by atoms with E-state index in [1.807, 2.05) is 11.3 Å². The normalized spacial score (nSPS) is 20.6. The summed E-state index contributed by atoms with van der Waals surface area (Å²) in [6, 6.07) is 8.76. The number of hydrogen-bond acceptors (Lipinski definition) is 4. The van der Waals surface area contributed by atoms with Crippen LogP contribution in [0.1, 0.15) is 24.3 Å². The molecule has 1 fully saturated rings. The van der Waals surface area contributed by atoms with Gasteiger partial charge in [0.1, 0.15) is 0 Å². The largest absolute Gasteiger partial charge is 0.375 e. The first-order chi connectivity index (χ1) is 10.8. The van der Waals surface area contributed by atoms with Crippen LogP contribution in [0, 0.1) is 0 Å². The molecule has 0 bridgehead atoms. The molecule has 3 nitrogen and oxygen atoms in total. The van der Waals surface area contributed by atoms with Crippen LogP contribution in [0.25, 0.3) is 10.1 Å². The predicted molar refractivity (Wildman–Crippen MR) is 95.0 cm³/mol. The zero-order valence-corrected chi connectivity index (χ0v) is 14.4. The Morgan fingerprint density at radius 2 is 2.23 bits per heavy atom. The molecule has 2 unspecified atom stereocenters. The van der Waals surface area contributed by atoms with Crippen molar-refractivity contribution in [1.29, 1.82) is 0 Å². The lowest BCUT2D eigenvalue weighted by molar-refractivity contribution is 0.00895. The van der Waals surface area contributed by atoms with E-state index in [1.54, 1.807) is 0 Å². The van der Waals surface area contributed by atoms with Crippen molar-refractivity contribution in [2.75, 3.05) is 40.3 Å². The van der Waals surface area contributed by atoms with E-state index >= 15 is 0 Å². The van der Waals surface area contributed by atoms with Gasteiger partial charge in [-0.1, -0.05) is 18.2 Å². The minimum atomic E-state index is 0.300. The van der Waals surface area contributed by atoms with Crippen LogP contribution in [-0.4, -0.2) is 51.3 Å². The zero-order valence-electron chi connectivity index (χ0n) is 13.5. The van der Waals surface area contributed by atoms with Crippen molar-refractivity contribution < 1.29 is 4.74 Å². The number of morpholine rings is 1. The molecule has 1 N–H and O–H groups in total. The molecule has 120 valence electrons. The average Bonchev–Trinajstić information content (AvgIpc) is 2.96. The summed E-state index contributed by atoms with van der Waals surface area (Å²) < 4.78 is 7.49. The highest BCUT2D eigenvalue weighted by atomic mass is 32.1. The second-order valence-corrected chi connectivity index (χ2v) is 7.26. The minimum absolute atomic E-state index is 0.300. The Bertz CT molecular complexity index is 590. The molecule has 2 atom stereocenters. The van der Waals surface area contributed by atoms with Crippen LogP contribution in [0.5, 0.6) is 0 Å². The van der Waals surface area contributed by atoms with Crippen molar-refractivity contribution in [3.8, 4) is 0 Å². The molecule has 1 aromatic carbocycles. The first kappa shape index (κ1) is 15.9. The minimum Gasteiger partial charge on any atom is -0.375 e. The Morgan fingerprint density at radius 1 is 1.36 bits per heavy atom. The standard InChI is InChI=1S/C18H26N2OS/c1-20(2)10-5-7-14(17-12-19-9-11-21-17)16-13-22-18-8-4-3-6-15(16)18/h3-4,6,8,13-14,17,19H,5,7,9-12H2,1-2H3. The quantitative estimate of drug-likeness (QED) is 0.884. The van der Waals surface area contributed by atoms with Crippen LogP contribution >= 0.6 is 11.3 Å². The first-order valence-electron chi connectivity index (χ1n) is 8.19. The Balaban J connectivity index is 1.83. The van der Waals surface area contributed by atoms with Crippen molar-refractivity contribution in [1.82, 2.24) is 10.2 Å². The van der Waals surface area contributed by atoms with Gasteiger partial charge in [0.2, 0.25) is 0 Å². The maximum Gasteiger partial charge on any atom is 0.0768 e. The van der Waals surface area contributed by atoms with E-state index in [1.165, 1.54) is 28.5 Å². The first-order valence-corrected chi connectivity index (χ1v) is 9.07. The summed E-state index contributed by atoms with van der Waals surface area (Å²) in [5.41, 5.74) is 1.48. The summed E-state index contributed by atoms with van der Waals surface area (Å²) in [6.45, 7) is 3.91. The SMILES string of the molecule is CN(C)CCCC(c1csc2ccccc12)C1CNCCO1. The van der Waals surface area contributed by atoms with E-state index in [0.717, 1.165) is 26.2 Å². The third kappa shape index (κ3) is 3.69. The van der Waals surface area contributed by atoms with Crippen molar-refractivity contribution in [3.63, 3.8) is 0 Å². The smallest absolute Gasteiger partial charge is 0.0768 e. The summed E-state index contributed by atoms with van der Waals surface area (Å²) in [4.78, 5) is 2.27. The molecule has 0 saturated carbocycles. The molecule has 1 saturated heterocycles. The fraction of sp³-hybridized carbons (Fsp3) is 0.556. The van der Waals surface area contributed by atoms with E-state index in [9.17, 15) is 0 Å². The predicted octanol–water partition coefficient (Wildman–Crippen LogP) is 3.32. The molecule has 0 spiro atoms. The lowest BCUT2D eigenvalue weighted by Gasteiger charge is -2.31. The maximum atomic E-state index is 6.10. The highest BCUT2D eigenvalue weighted by Crippen LogP contribution is 2.36. The van der Waals surface area contributed by atoms with Crippen molar-refractivity contribution in [3.05, 3.63) is 35.2 Å². The number of rotatable bonds is 6. The molecule has 0 amide bonds. The number of nitrogens with one attached hydrogen (secondary N) is 1. The van der Waals surface area contributed by atoms with E-state index < -0.39 is 0 Å². The van der Waals surface area contributed by atoms with Gasteiger partial charge in [-0.05, 0) is 55.9 Å². The van der Waals surface area contributed by atoms with E-state index in [4.69, 9.17) is 4.74 Å². The van der Waals surface area contributed by atoms with Gasteiger partial charge in [-0.3, -0.25) is 0 Å². The number of thiophene rings is 1. The molecular formula is C18H26N2OS. The van der Waals surface area contributed by atoms with Gasteiger partial charge in [0, 0.05) is 23.7 Å². The third-order valence-corrected chi connectivity index (χ3v) is 5.42. The molecule has 1 aliphatic rings. The lowest BCUT2D eigenvalue weighted by Crippen LogP contribution is -2.42. The molecule has 1 aliphatic heterocycles. The van der Waals surface area contributed by atoms with Gasteiger partial charge in [0.05, 0.1) is 12.7 Å². The molecule has 22 heavy (non-hydrogen) atoms. The van der Waals surface area contributed by atoms with Gasteiger partial charge in [0.25, 0.3) is 0 Å². The van der Waals surface area contributed by atoms with Crippen LogP contribution < -0.4 is 5.32 Å². The zero-order chi connectivity index (χ0) is 15.4. The molecule has 0 aliphatic carbocycles. The summed E-state index contributed by atoms with van der Waals surface area (Å²) in [5.74, 6) is 0.490. The van der Waals surface area contributed by atoms with Gasteiger partial charge in [0.15, 0.2) is 0 Å². The topological polar surface area (TPSA) is 24.5 Å². The molecule has 2 heterocycles. The third-order valence-electron chi connectivity index (χ3n) is 4.44. The monoisotopic (exact) mass is 318 g/mol. The summed E-state index contributed by atoms with van der Waals surface area (Å²) in [7, 11) is 4.29. The number of hydrogen-bond donors (Lipinski definition) is 1. The molecule has 2 aromatic rings. The molecule has 1 aromatic heterocycles. The number of ether oxygens (including phenoxy) is 1. The Labute approximate surface area is 137 Å². The molecular weight excluding hydrogens is 292 g/mol. The Kier molecular flexibility index (Phi) is 5.47. The number of fused-ring (bicyclic) bond motifs is 1. The average molecular weight is 318 g/mol. The van der Waals surface area contributed by atoms with Gasteiger partial charge in [-0.2, -0.15) is 0 Å². The molecule has 3 rings (SSSR count). The molecule has 0 radical (unpaired) electrons. The van der Waals surface area contributed by atoms with Crippen LogP contribution in [0.4, 0.5) is 0 Å². The highest BCUT2D eigenvalue weighted by Gasteiger charge is 2.27. The fourth-order valence-corrected chi connectivity index (χ4v) is 4.32. The van der Waals surface area contributed by atoms with Crippen LogP contribution in [0.3, 0.4) is 0 Å². The number of benzene rings is 1. The second-order valence-electron chi connectivity index (χ2n) is 6.35. The van der Waals surface area contributed by atoms with Crippen molar-refractivity contribution in [2.24, 2.45) is 0 Å². The fourth-order valence-electron chi connectivity index (χ4n) is 3.30. The molecule has 4 heteroatoms. The van der Waals surface area contributed by atoms with Crippen LogP contribution in [0.2, 0.25) is 0 Å². The highest BCUT2D eigenvalue weighted by molar-refractivity contribution is 7.17. The second kappa shape index (κ2) is 7.55. The summed E-state index contributed by atoms with van der Waals surface area (Å²) in [5, 5.41) is 7.26. The van der Waals surface area contributed by atoms with Crippen LogP contribution in [-0.2, 0) is 4.74 Å². The van der Waals surface area contributed by atoms with E-state index in [-0.39, 0.29) is 0 Å². The van der Waals surface area contributed by atoms with Gasteiger partial charge in [-0.15, -0.1) is 11.3 Å². The summed E-state index contributed by atoms with van der Waals surface area (Å²) >= 11 is 1.86. The van der Waals surface area contributed by atoms with Crippen molar-refractivity contribution in [2.45, 2.75) is 24.9 Å².